The first-order valence-electron chi connectivity index (χ1n) is 6.63. The lowest BCUT2D eigenvalue weighted by Gasteiger charge is -2.28. The van der Waals surface area contributed by atoms with E-state index in [-0.39, 0.29) is 5.56 Å². The number of nitrogens with zero attached hydrogens (tertiary/aromatic N) is 6. The fourth-order valence-corrected chi connectivity index (χ4v) is 2.42. The summed E-state index contributed by atoms with van der Waals surface area (Å²) in [5.74, 6) is 1.19. The second kappa shape index (κ2) is 4.98. The Morgan fingerprint density at radius 3 is 2.95 bits per heavy atom. The maximum Gasteiger partial charge on any atom is 0.258 e. The van der Waals surface area contributed by atoms with Crippen LogP contribution in [0.3, 0.4) is 0 Å². The normalized spacial score (nSPS) is 13.7. The van der Waals surface area contributed by atoms with Gasteiger partial charge in [0.25, 0.3) is 5.56 Å². The maximum absolute atomic E-state index is 12.3. The van der Waals surface area contributed by atoms with Gasteiger partial charge in [-0.25, -0.2) is 15.0 Å². The van der Waals surface area contributed by atoms with Gasteiger partial charge in [-0.05, 0) is 13.0 Å². The van der Waals surface area contributed by atoms with Crippen LogP contribution in [0.1, 0.15) is 22.8 Å². The number of anilines is 1. The Hall–Kier alpha value is -2.75. The summed E-state index contributed by atoms with van der Waals surface area (Å²) < 4.78 is 1.55. The minimum absolute atomic E-state index is 0.0290. The molecule has 0 bridgehead atoms. The molecule has 0 spiro atoms. The lowest BCUT2D eigenvalue weighted by atomic mass is 10.1. The highest BCUT2D eigenvalue weighted by atomic mass is 16.1. The van der Waals surface area contributed by atoms with Crippen LogP contribution < -0.4 is 10.5 Å². The lowest BCUT2D eigenvalue weighted by molar-refractivity contribution is 0.643. The molecule has 2 aromatic rings. The average Bonchev–Trinajstić information content (AvgIpc) is 2.52. The van der Waals surface area contributed by atoms with Crippen molar-refractivity contribution in [1.29, 1.82) is 5.26 Å². The third-order valence-corrected chi connectivity index (χ3v) is 3.70. The largest absolute Gasteiger partial charge is 0.336 e. The molecule has 2 aromatic heterocycles. The van der Waals surface area contributed by atoms with Crippen molar-refractivity contribution >= 4 is 5.95 Å². The fourth-order valence-electron chi connectivity index (χ4n) is 2.42. The molecule has 3 heterocycles. The Morgan fingerprint density at radius 2 is 2.19 bits per heavy atom. The number of fused-ring (bicyclic) bond motifs is 1. The maximum atomic E-state index is 12.3. The summed E-state index contributed by atoms with van der Waals surface area (Å²) in [6.45, 7) is 2.93. The third kappa shape index (κ3) is 2.25. The van der Waals surface area contributed by atoms with E-state index in [9.17, 15) is 4.79 Å². The van der Waals surface area contributed by atoms with Gasteiger partial charge in [0, 0.05) is 26.2 Å². The monoisotopic (exact) mass is 282 g/mol. The topological polar surface area (TPSA) is 87.7 Å². The molecular formula is C14H14N6O. The van der Waals surface area contributed by atoms with Crippen molar-refractivity contribution in [1.82, 2.24) is 19.5 Å². The molecule has 106 valence electrons. The standard InChI is InChI=1S/C14H14N6O/c1-9-17-12-4-6-20(8-11(12)13(21)19(9)2)14-16-5-3-10(7-15)18-14/h3,5H,4,6,8H2,1-2H3. The number of hydrogen-bond acceptors (Lipinski definition) is 6. The smallest absolute Gasteiger partial charge is 0.258 e. The molecule has 7 nitrogen and oxygen atoms in total. The molecule has 0 fully saturated rings. The van der Waals surface area contributed by atoms with E-state index in [0.717, 1.165) is 11.5 Å². The van der Waals surface area contributed by atoms with Gasteiger partial charge >= 0.3 is 0 Å². The molecule has 21 heavy (non-hydrogen) atoms. The van der Waals surface area contributed by atoms with Crippen molar-refractivity contribution < 1.29 is 0 Å². The highest BCUT2D eigenvalue weighted by molar-refractivity contribution is 5.38. The Balaban J connectivity index is 2.00. The minimum atomic E-state index is -0.0290. The minimum Gasteiger partial charge on any atom is -0.336 e. The van der Waals surface area contributed by atoms with Crippen LogP contribution in [0.25, 0.3) is 0 Å². The number of aromatic nitrogens is 4. The molecule has 0 radical (unpaired) electrons. The molecule has 0 saturated heterocycles. The molecule has 7 heteroatoms. The van der Waals surface area contributed by atoms with Crippen LogP contribution in [0.2, 0.25) is 0 Å². The molecule has 1 aliphatic rings. The van der Waals surface area contributed by atoms with Gasteiger partial charge in [0.15, 0.2) is 0 Å². The van der Waals surface area contributed by atoms with Gasteiger partial charge in [-0.1, -0.05) is 0 Å². The van der Waals surface area contributed by atoms with Crippen molar-refractivity contribution in [2.24, 2.45) is 7.05 Å². The molecule has 1 aliphatic heterocycles. The zero-order chi connectivity index (χ0) is 15.0. The van der Waals surface area contributed by atoms with Gasteiger partial charge in [0.1, 0.15) is 17.6 Å². The number of aryl methyl sites for hydroxylation is 1. The van der Waals surface area contributed by atoms with Gasteiger partial charge in [-0.2, -0.15) is 5.26 Å². The molecule has 0 N–H and O–H groups in total. The van der Waals surface area contributed by atoms with Crippen molar-refractivity contribution in [3.63, 3.8) is 0 Å². The van der Waals surface area contributed by atoms with E-state index < -0.39 is 0 Å². The van der Waals surface area contributed by atoms with Crippen LogP contribution in [0.5, 0.6) is 0 Å². The van der Waals surface area contributed by atoms with Crippen molar-refractivity contribution in [3.8, 4) is 6.07 Å². The summed E-state index contributed by atoms with van der Waals surface area (Å²) in [5, 5.41) is 8.91. The molecule has 0 aliphatic carbocycles. The Morgan fingerprint density at radius 1 is 1.38 bits per heavy atom. The molecule has 0 amide bonds. The van der Waals surface area contributed by atoms with E-state index in [1.54, 1.807) is 23.9 Å². The second-order valence-electron chi connectivity index (χ2n) is 4.97. The molecule has 3 rings (SSSR count). The van der Waals surface area contributed by atoms with Gasteiger partial charge in [0.05, 0.1) is 17.8 Å². The second-order valence-corrected chi connectivity index (χ2v) is 4.97. The zero-order valence-electron chi connectivity index (χ0n) is 11.9. The molecular weight excluding hydrogens is 268 g/mol. The summed E-state index contributed by atoms with van der Waals surface area (Å²) in [6.07, 6.45) is 2.23. The van der Waals surface area contributed by atoms with Crippen molar-refractivity contribution in [2.75, 3.05) is 11.4 Å². The predicted molar refractivity (Wildman–Crippen MR) is 75.7 cm³/mol. The highest BCUT2D eigenvalue weighted by Gasteiger charge is 2.23. The lowest BCUT2D eigenvalue weighted by Crippen LogP contribution is -2.39. The average molecular weight is 282 g/mol. The van der Waals surface area contributed by atoms with Crippen LogP contribution in [-0.2, 0) is 20.0 Å². The predicted octanol–water partition coefficient (Wildman–Crippen LogP) is 0.313. The Labute approximate surface area is 121 Å². The van der Waals surface area contributed by atoms with Gasteiger partial charge in [0.2, 0.25) is 5.95 Å². The van der Waals surface area contributed by atoms with E-state index in [0.29, 0.717) is 36.7 Å². The summed E-state index contributed by atoms with van der Waals surface area (Å²) in [5.41, 5.74) is 1.82. The molecule has 0 unspecified atom stereocenters. The van der Waals surface area contributed by atoms with Gasteiger partial charge in [-0.3, -0.25) is 9.36 Å². The van der Waals surface area contributed by atoms with Gasteiger partial charge < -0.3 is 4.90 Å². The summed E-state index contributed by atoms with van der Waals surface area (Å²) in [4.78, 5) is 27.1. The number of nitriles is 1. The van der Waals surface area contributed by atoms with E-state index >= 15 is 0 Å². The van der Waals surface area contributed by atoms with Crippen LogP contribution in [0, 0.1) is 18.3 Å². The van der Waals surface area contributed by atoms with Gasteiger partial charge in [-0.15, -0.1) is 0 Å². The Kier molecular flexibility index (Phi) is 3.14. The SMILES string of the molecule is Cc1nc2c(c(=O)n1C)CN(c1nccc(C#N)n1)CC2. The van der Waals surface area contributed by atoms with E-state index in [4.69, 9.17) is 5.26 Å². The quantitative estimate of drug-likeness (QED) is 0.748. The summed E-state index contributed by atoms with van der Waals surface area (Å²) in [7, 11) is 1.72. The van der Waals surface area contributed by atoms with Crippen LogP contribution in [0.15, 0.2) is 17.1 Å². The molecule has 0 saturated carbocycles. The number of rotatable bonds is 1. The summed E-state index contributed by atoms with van der Waals surface area (Å²) >= 11 is 0. The van der Waals surface area contributed by atoms with Crippen LogP contribution in [0.4, 0.5) is 5.95 Å². The number of hydrogen-bond donors (Lipinski definition) is 0. The van der Waals surface area contributed by atoms with E-state index in [2.05, 4.69) is 15.0 Å². The molecule has 0 atom stereocenters. The Bertz CT molecular complexity index is 804. The fraction of sp³-hybridized carbons (Fsp3) is 0.357. The van der Waals surface area contributed by atoms with Crippen LogP contribution in [-0.4, -0.2) is 26.1 Å². The van der Waals surface area contributed by atoms with E-state index in [1.807, 2.05) is 17.9 Å². The van der Waals surface area contributed by atoms with Crippen molar-refractivity contribution in [2.45, 2.75) is 19.9 Å². The van der Waals surface area contributed by atoms with E-state index in [1.165, 1.54) is 0 Å². The molecule has 0 aromatic carbocycles. The van der Waals surface area contributed by atoms with Crippen molar-refractivity contribution in [3.05, 3.63) is 45.4 Å². The first-order valence-corrected chi connectivity index (χ1v) is 6.63. The third-order valence-electron chi connectivity index (χ3n) is 3.70. The highest BCUT2D eigenvalue weighted by Crippen LogP contribution is 2.18. The summed E-state index contributed by atoms with van der Waals surface area (Å²) in [6, 6.07) is 3.56. The zero-order valence-corrected chi connectivity index (χ0v) is 11.9. The van der Waals surface area contributed by atoms with Crippen LogP contribution >= 0.6 is 0 Å². The first-order chi connectivity index (χ1) is 10.1. The first kappa shape index (κ1) is 13.2.